The van der Waals surface area contributed by atoms with Gasteiger partial charge < -0.3 is 0 Å². The Hall–Kier alpha value is -3.51. The van der Waals surface area contributed by atoms with Crippen molar-refractivity contribution in [1.82, 2.24) is 0 Å². The van der Waals surface area contributed by atoms with Crippen molar-refractivity contribution in [3.05, 3.63) is 34.9 Å². The Labute approximate surface area is 314 Å². The van der Waals surface area contributed by atoms with Crippen molar-refractivity contribution in [2.45, 2.75) is 107 Å². The Bertz CT molecular complexity index is 1600. The van der Waals surface area contributed by atoms with Gasteiger partial charge in [0.1, 0.15) is 0 Å². The van der Waals surface area contributed by atoms with E-state index in [2.05, 4.69) is 0 Å². The number of hydrogen-bond donors (Lipinski definition) is 0. The lowest BCUT2D eigenvalue weighted by atomic mass is 9.83. The van der Waals surface area contributed by atoms with Crippen LogP contribution in [0.25, 0.3) is 0 Å². The summed E-state index contributed by atoms with van der Waals surface area (Å²) in [6.07, 6.45) is -25.1. The molecule has 1 aromatic carbocycles. The van der Waals surface area contributed by atoms with Gasteiger partial charge in [-0.1, -0.05) is 0 Å². The quantitative estimate of drug-likeness (QED) is 0.154. The molecule has 0 amide bonds. The molecule has 372 valence electrons. The maximum absolute atomic E-state index is 14.9. The SMILES string of the molecule is FC(F)(F)C(F)(F)C(F)(F)C(F)(F)C(F)(F)C(F)(F)c1cc(C(F)(F)C(F)(F)C(F)(F)C(F)(F)C(F)(F)C(F)(F)F)cc(C(F)(F)C(F)(F)C(F)(F)C(F)(F)C(F)(F)C(F)(F)F)c1. The molecule has 0 saturated carbocycles. The molecule has 63 heavy (non-hydrogen) atoms. The summed E-state index contributed by atoms with van der Waals surface area (Å²) in [5.41, 5.74) is -15.3. The number of benzene rings is 1. The molecule has 0 atom stereocenters. The van der Waals surface area contributed by atoms with Crippen molar-refractivity contribution in [2.75, 3.05) is 0 Å². The van der Waals surface area contributed by atoms with E-state index in [1.54, 1.807) is 0 Å². The molecule has 0 aliphatic rings. The number of halogens is 39. The molecule has 0 saturated heterocycles. The summed E-state index contributed by atoms with van der Waals surface area (Å²) in [6, 6.07) is -8.76. The number of hydrogen-bond acceptors (Lipinski definition) is 0. The normalized spacial score (nSPS) is 16.8. The van der Waals surface area contributed by atoms with Crippen LogP contribution in [-0.4, -0.2) is 89.6 Å². The molecule has 0 aromatic heterocycles. The van der Waals surface area contributed by atoms with Gasteiger partial charge in [-0.15, -0.1) is 0 Å². The van der Waals surface area contributed by atoms with E-state index in [1.165, 1.54) is 0 Å². The topological polar surface area (TPSA) is 0 Å². The molecule has 0 aliphatic heterocycles. The average Bonchev–Trinajstić information content (AvgIpc) is 3.05. The third kappa shape index (κ3) is 7.16. The van der Waals surface area contributed by atoms with Gasteiger partial charge in [-0.25, -0.2) is 0 Å². The average molecular weight is 1030 g/mol. The van der Waals surface area contributed by atoms with Crippen molar-refractivity contribution in [2.24, 2.45) is 0 Å². The first kappa shape index (κ1) is 57.5. The van der Waals surface area contributed by atoms with E-state index in [0.29, 0.717) is 0 Å². The minimum atomic E-state index is -9.42. The van der Waals surface area contributed by atoms with Gasteiger partial charge in [-0.3, -0.25) is 0 Å². The van der Waals surface area contributed by atoms with Crippen molar-refractivity contribution >= 4 is 0 Å². The summed E-state index contributed by atoms with van der Waals surface area (Å²) < 4.78 is 532. The first-order chi connectivity index (χ1) is 26.6. The third-order valence-electron chi connectivity index (χ3n) is 7.82. The van der Waals surface area contributed by atoms with Crippen LogP contribution in [0.4, 0.5) is 171 Å². The van der Waals surface area contributed by atoms with Gasteiger partial charge in [0, 0.05) is 16.7 Å². The third-order valence-corrected chi connectivity index (χ3v) is 7.82. The highest BCUT2D eigenvalue weighted by Crippen LogP contribution is 2.67. The molecule has 1 rings (SSSR count). The largest absolute Gasteiger partial charge is 0.460 e. The van der Waals surface area contributed by atoms with E-state index in [0.717, 1.165) is 0 Å². The molecule has 1 aromatic rings. The summed E-state index contributed by atoms with van der Waals surface area (Å²) in [4.78, 5) is 0. The standard InChI is InChI=1S/C24H3F39/c25-7(26,10(31,32)13(37,38)16(43,44)19(49,50)22(55,56)57)4-1-5(8(27,28)11(33,34)14(39,40)17(45,46)20(51,52)23(58,59)60)3-6(2-4)9(29,30)12(35,36)15(41,42)18(47,48)21(53,54)24(61,62)63/h1-3H. The predicted octanol–water partition coefficient (Wildman–Crippen LogP) is 14.3. The summed E-state index contributed by atoms with van der Waals surface area (Å²) in [5, 5.41) is 0. The summed E-state index contributed by atoms with van der Waals surface area (Å²) in [6.45, 7) is 0. The second-order valence-electron chi connectivity index (χ2n) is 11.9. The summed E-state index contributed by atoms with van der Waals surface area (Å²) in [7, 11) is 0. The van der Waals surface area contributed by atoms with E-state index in [1.807, 2.05) is 0 Å². The molecule has 0 spiro atoms. The van der Waals surface area contributed by atoms with E-state index in [-0.39, 0.29) is 0 Å². The van der Waals surface area contributed by atoms with Crippen LogP contribution in [0.5, 0.6) is 0 Å². The van der Waals surface area contributed by atoms with Gasteiger partial charge in [0.25, 0.3) is 0 Å². The molecule has 0 radical (unpaired) electrons. The van der Waals surface area contributed by atoms with Crippen LogP contribution in [0.2, 0.25) is 0 Å². The molecule has 0 fully saturated rings. The predicted molar refractivity (Wildman–Crippen MR) is 116 cm³/mol. The maximum Gasteiger partial charge on any atom is 0.460 e. The highest BCUT2D eigenvalue weighted by atomic mass is 19.5. The second-order valence-corrected chi connectivity index (χ2v) is 11.9. The fourth-order valence-corrected chi connectivity index (χ4v) is 4.02. The highest BCUT2D eigenvalue weighted by molar-refractivity contribution is 5.41. The Kier molecular flexibility index (Phi) is 13.0. The Balaban J connectivity index is 4.78. The first-order valence-corrected chi connectivity index (χ1v) is 13.6. The molecule has 0 aliphatic carbocycles. The fraction of sp³-hybridized carbons (Fsp3) is 0.750. The Morgan fingerprint density at radius 3 is 0.381 bits per heavy atom. The Morgan fingerprint density at radius 2 is 0.270 bits per heavy atom. The summed E-state index contributed by atoms with van der Waals surface area (Å²) in [5.74, 6) is -137. The zero-order valence-corrected chi connectivity index (χ0v) is 27.0. The van der Waals surface area contributed by atoms with E-state index in [4.69, 9.17) is 0 Å². The van der Waals surface area contributed by atoms with Crippen LogP contribution in [0, 0.1) is 0 Å². The van der Waals surface area contributed by atoms with E-state index in [9.17, 15) is 171 Å². The molecule has 0 bridgehead atoms. The van der Waals surface area contributed by atoms with Crippen molar-refractivity contribution in [1.29, 1.82) is 0 Å². The molecular formula is C24H3F39. The molecular weight excluding hydrogens is 1030 g/mol. The van der Waals surface area contributed by atoms with E-state index < -0.39 is 142 Å². The fourth-order valence-electron chi connectivity index (χ4n) is 4.02. The van der Waals surface area contributed by atoms with Gasteiger partial charge in [0.05, 0.1) is 0 Å². The highest BCUT2D eigenvalue weighted by Gasteiger charge is 2.94. The number of alkyl halides is 39. The lowest BCUT2D eigenvalue weighted by molar-refractivity contribution is -0.442. The maximum atomic E-state index is 14.9. The zero-order chi connectivity index (χ0) is 51.9. The van der Waals surface area contributed by atoms with Crippen LogP contribution < -0.4 is 0 Å². The lowest BCUT2D eigenvalue weighted by Crippen LogP contribution is -2.70. The molecule has 0 heterocycles. The van der Waals surface area contributed by atoms with E-state index >= 15 is 0 Å². The Morgan fingerprint density at radius 1 is 0.159 bits per heavy atom. The van der Waals surface area contributed by atoms with Gasteiger partial charge in [0.2, 0.25) is 0 Å². The summed E-state index contributed by atoms with van der Waals surface area (Å²) >= 11 is 0. The minimum Gasteiger partial charge on any atom is -0.194 e. The van der Waals surface area contributed by atoms with Crippen LogP contribution in [-0.2, 0) is 17.8 Å². The molecule has 39 heteroatoms. The van der Waals surface area contributed by atoms with Crippen molar-refractivity contribution in [3.63, 3.8) is 0 Å². The zero-order valence-electron chi connectivity index (χ0n) is 27.0. The van der Waals surface area contributed by atoms with Gasteiger partial charge in [-0.2, -0.15) is 171 Å². The van der Waals surface area contributed by atoms with Crippen LogP contribution in [0.3, 0.4) is 0 Å². The second kappa shape index (κ2) is 14.2. The minimum absolute atomic E-state index is 2.92. The van der Waals surface area contributed by atoms with Gasteiger partial charge in [0.15, 0.2) is 0 Å². The monoisotopic (exact) mass is 1030 g/mol. The molecule has 0 N–H and O–H groups in total. The number of rotatable bonds is 15. The molecule has 0 unspecified atom stereocenters. The molecule has 0 nitrogen and oxygen atoms in total. The van der Waals surface area contributed by atoms with Crippen molar-refractivity contribution in [3.8, 4) is 0 Å². The lowest BCUT2D eigenvalue weighted by Gasteiger charge is -2.41. The van der Waals surface area contributed by atoms with Crippen LogP contribution in [0.1, 0.15) is 16.7 Å². The van der Waals surface area contributed by atoms with Gasteiger partial charge in [-0.05, 0) is 18.2 Å². The van der Waals surface area contributed by atoms with Crippen LogP contribution >= 0.6 is 0 Å². The van der Waals surface area contributed by atoms with Crippen LogP contribution in [0.15, 0.2) is 18.2 Å². The smallest absolute Gasteiger partial charge is 0.194 e. The van der Waals surface area contributed by atoms with Gasteiger partial charge >= 0.3 is 107 Å². The first-order valence-electron chi connectivity index (χ1n) is 13.6. The van der Waals surface area contributed by atoms with Crippen molar-refractivity contribution < 1.29 is 171 Å².